The summed E-state index contributed by atoms with van der Waals surface area (Å²) in [5.74, 6) is 1.41. The van der Waals surface area contributed by atoms with E-state index in [4.69, 9.17) is 9.47 Å². The fraction of sp³-hybridized carbons (Fsp3) is 0.346. The van der Waals surface area contributed by atoms with Crippen molar-refractivity contribution in [3.63, 3.8) is 0 Å². The van der Waals surface area contributed by atoms with Crippen LogP contribution in [-0.2, 0) is 19.3 Å². The molecule has 2 aliphatic heterocycles. The number of hydrogen-bond acceptors (Lipinski definition) is 4. The Morgan fingerprint density at radius 1 is 0.938 bits per heavy atom. The summed E-state index contributed by atoms with van der Waals surface area (Å²) in [5, 5.41) is 3.11. The Morgan fingerprint density at radius 3 is 2.62 bits per heavy atom. The van der Waals surface area contributed by atoms with Crippen molar-refractivity contribution in [2.75, 3.05) is 25.1 Å². The molecule has 2 aromatic carbocycles. The number of amides is 2. The second-order valence-electron chi connectivity index (χ2n) is 8.60. The molecule has 5 nitrogen and oxygen atoms in total. The molecule has 6 rings (SSSR count). The van der Waals surface area contributed by atoms with E-state index in [9.17, 15) is 4.79 Å². The molecular formula is C26H26N2O3S. The fourth-order valence-electron chi connectivity index (χ4n) is 5.15. The first-order chi connectivity index (χ1) is 15.8. The standard InChI is InChI=1S/C26H26N2O3S/c29-26(27-18-10-11-21-22(16-18)31-15-14-30-21)28-13-12-20-19-8-4-5-9-23(19)32-25(20)24(28)17-6-2-1-3-7-17/h1-3,6-7,10-11,16,24H,4-5,8-9,12-15H2,(H,27,29)/t24-/m0/s1. The van der Waals surface area contributed by atoms with Crippen LogP contribution in [0, 0.1) is 0 Å². The van der Waals surface area contributed by atoms with Gasteiger partial charge in [0.15, 0.2) is 11.5 Å². The van der Waals surface area contributed by atoms with Crippen LogP contribution in [0.3, 0.4) is 0 Å². The van der Waals surface area contributed by atoms with E-state index in [1.54, 1.807) is 5.56 Å². The van der Waals surface area contributed by atoms with Crippen molar-refractivity contribution < 1.29 is 14.3 Å². The normalized spacial score (nSPS) is 19.1. The first-order valence-corrected chi connectivity index (χ1v) is 12.2. The average Bonchev–Trinajstić information content (AvgIpc) is 3.22. The van der Waals surface area contributed by atoms with E-state index in [-0.39, 0.29) is 12.1 Å². The van der Waals surface area contributed by atoms with E-state index in [1.807, 2.05) is 40.5 Å². The maximum atomic E-state index is 13.5. The second kappa shape index (κ2) is 8.17. The minimum Gasteiger partial charge on any atom is -0.486 e. The zero-order valence-electron chi connectivity index (χ0n) is 17.9. The third-order valence-corrected chi connectivity index (χ3v) is 8.03. The minimum atomic E-state index is -0.0763. The molecule has 32 heavy (non-hydrogen) atoms. The molecular weight excluding hydrogens is 420 g/mol. The lowest BCUT2D eigenvalue weighted by molar-refractivity contribution is 0.171. The topological polar surface area (TPSA) is 50.8 Å². The van der Waals surface area contributed by atoms with Gasteiger partial charge in [-0.1, -0.05) is 30.3 Å². The molecule has 1 atom stereocenters. The number of fused-ring (bicyclic) bond motifs is 4. The summed E-state index contributed by atoms with van der Waals surface area (Å²) in [6.07, 6.45) is 5.85. The number of benzene rings is 2. The van der Waals surface area contributed by atoms with Gasteiger partial charge < -0.3 is 19.7 Å². The highest BCUT2D eigenvalue weighted by atomic mass is 32.1. The monoisotopic (exact) mass is 446 g/mol. The number of rotatable bonds is 2. The van der Waals surface area contributed by atoms with Crippen LogP contribution in [-0.4, -0.2) is 30.7 Å². The van der Waals surface area contributed by atoms with Gasteiger partial charge in [0, 0.05) is 28.1 Å². The van der Waals surface area contributed by atoms with E-state index >= 15 is 0 Å². The number of thiophene rings is 1. The zero-order chi connectivity index (χ0) is 21.5. The Balaban J connectivity index is 1.34. The molecule has 0 fully saturated rings. The SMILES string of the molecule is O=C(Nc1ccc2c(c1)OCCO2)N1CCc2c(sc3c2CCCC3)[C@@H]1c1ccccc1. The van der Waals surface area contributed by atoms with E-state index in [1.165, 1.54) is 46.6 Å². The summed E-state index contributed by atoms with van der Waals surface area (Å²) in [5.41, 5.74) is 4.97. The largest absolute Gasteiger partial charge is 0.486 e. The molecule has 0 spiro atoms. The maximum absolute atomic E-state index is 13.5. The summed E-state index contributed by atoms with van der Waals surface area (Å²) in [6, 6.07) is 15.9. The molecule has 0 saturated carbocycles. The average molecular weight is 447 g/mol. The Morgan fingerprint density at radius 2 is 1.75 bits per heavy atom. The molecule has 164 valence electrons. The highest BCUT2D eigenvalue weighted by Crippen LogP contribution is 2.45. The number of anilines is 1. The van der Waals surface area contributed by atoms with Crippen LogP contribution in [0.5, 0.6) is 11.5 Å². The first-order valence-electron chi connectivity index (χ1n) is 11.4. The van der Waals surface area contributed by atoms with Gasteiger partial charge in [-0.25, -0.2) is 4.79 Å². The number of hydrogen-bond donors (Lipinski definition) is 1. The molecule has 3 aromatic rings. The van der Waals surface area contributed by atoms with Crippen molar-refractivity contribution >= 4 is 23.1 Å². The zero-order valence-corrected chi connectivity index (χ0v) is 18.7. The van der Waals surface area contributed by atoms with Crippen molar-refractivity contribution in [3.05, 3.63) is 75.0 Å². The van der Waals surface area contributed by atoms with E-state index in [0.29, 0.717) is 25.5 Å². The predicted molar refractivity (Wildman–Crippen MR) is 126 cm³/mol. The fourth-order valence-corrected chi connectivity index (χ4v) is 6.74. The second-order valence-corrected chi connectivity index (χ2v) is 9.74. The van der Waals surface area contributed by atoms with Gasteiger partial charge in [0.2, 0.25) is 0 Å². The van der Waals surface area contributed by atoms with Gasteiger partial charge in [-0.15, -0.1) is 11.3 Å². The Kier molecular flexibility index (Phi) is 5.02. The van der Waals surface area contributed by atoms with Crippen molar-refractivity contribution in [1.29, 1.82) is 0 Å². The van der Waals surface area contributed by atoms with Crippen molar-refractivity contribution in [2.45, 2.75) is 38.1 Å². The van der Waals surface area contributed by atoms with Gasteiger partial charge in [0.05, 0.1) is 6.04 Å². The summed E-state index contributed by atoms with van der Waals surface area (Å²) < 4.78 is 11.3. The van der Waals surface area contributed by atoms with Crippen LogP contribution in [0.25, 0.3) is 0 Å². The first kappa shape index (κ1) is 19.7. The molecule has 1 aliphatic carbocycles. The summed E-state index contributed by atoms with van der Waals surface area (Å²) >= 11 is 1.93. The molecule has 0 bridgehead atoms. The highest BCUT2D eigenvalue weighted by Gasteiger charge is 2.36. The van der Waals surface area contributed by atoms with Crippen LogP contribution < -0.4 is 14.8 Å². The number of nitrogens with one attached hydrogen (secondary N) is 1. The van der Waals surface area contributed by atoms with Gasteiger partial charge in [-0.3, -0.25) is 0 Å². The third-order valence-electron chi connectivity index (χ3n) is 6.64. The van der Waals surface area contributed by atoms with Crippen LogP contribution in [0.15, 0.2) is 48.5 Å². The number of carbonyl (C=O) groups excluding carboxylic acids is 1. The summed E-state index contributed by atoms with van der Waals surface area (Å²) in [4.78, 5) is 18.4. The van der Waals surface area contributed by atoms with Crippen LogP contribution in [0.1, 0.15) is 45.3 Å². The lowest BCUT2D eigenvalue weighted by Crippen LogP contribution is -2.42. The molecule has 0 radical (unpaired) electrons. The van der Waals surface area contributed by atoms with Crippen molar-refractivity contribution in [3.8, 4) is 11.5 Å². The molecule has 0 unspecified atom stereocenters. The molecule has 6 heteroatoms. The molecule has 0 saturated heterocycles. The van der Waals surface area contributed by atoms with Gasteiger partial charge in [0.1, 0.15) is 13.2 Å². The lowest BCUT2D eigenvalue weighted by Gasteiger charge is -2.36. The lowest BCUT2D eigenvalue weighted by atomic mass is 9.88. The molecule has 2 amide bonds. The van der Waals surface area contributed by atoms with Crippen LogP contribution >= 0.6 is 11.3 Å². The maximum Gasteiger partial charge on any atom is 0.322 e. The van der Waals surface area contributed by atoms with Crippen LogP contribution in [0.2, 0.25) is 0 Å². The van der Waals surface area contributed by atoms with Crippen molar-refractivity contribution in [2.24, 2.45) is 0 Å². The van der Waals surface area contributed by atoms with E-state index in [2.05, 4.69) is 29.6 Å². The number of urea groups is 1. The van der Waals surface area contributed by atoms with Gasteiger partial charge in [-0.05, 0) is 60.9 Å². The molecule has 1 aromatic heterocycles. The number of aryl methyl sites for hydroxylation is 1. The van der Waals surface area contributed by atoms with Gasteiger partial charge in [-0.2, -0.15) is 0 Å². The van der Waals surface area contributed by atoms with Gasteiger partial charge in [0.25, 0.3) is 0 Å². The highest BCUT2D eigenvalue weighted by molar-refractivity contribution is 7.12. The number of carbonyl (C=O) groups is 1. The van der Waals surface area contributed by atoms with Crippen LogP contribution in [0.4, 0.5) is 10.5 Å². The molecule has 3 aliphatic rings. The van der Waals surface area contributed by atoms with Crippen molar-refractivity contribution in [1.82, 2.24) is 4.90 Å². The third kappa shape index (κ3) is 3.43. The Hall–Kier alpha value is -2.99. The number of nitrogens with zero attached hydrogens (tertiary/aromatic N) is 1. The molecule has 1 N–H and O–H groups in total. The summed E-state index contributed by atoms with van der Waals surface area (Å²) in [7, 11) is 0. The Bertz CT molecular complexity index is 1160. The molecule has 3 heterocycles. The number of ether oxygens (including phenoxy) is 2. The smallest absolute Gasteiger partial charge is 0.322 e. The Labute approximate surface area is 192 Å². The van der Waals surface area contributed by atoms with Gasteiger partial charge >= 0.3 is 6.03 Å². The van der Waals surface area contributed by atoms with E-state index in [0.717, 1.165) is 17.9 Å². The predicted octanol–water partition coefficient (Wildman–Crippen LogP) is 5.58. The quantitative estimate of drug-likeness (QED) is 0.559. The summed E-state index contributed by atoms with van der Waals surface area (Å²) in [6.45, 7) is 1.79. The minimum absolute atomic E-state index is 0.0484. The van der Waals surface area contributed by atoms with E-state index < -0.39 is 0 Å².